The summed E-state index contributed by atoms with van der Waals surface area (Å²) < 4.78 is 26.5. The first-order valence-electron chi connectivity index (χ1n) is 7.64. The lowest BCUT2D eigenvalue weighted by Gasteiger charge is -2.20. The Morgan fingerprint density at radius 2 is 2.00 bits per heavy atom. The molecule has 0 aromatic heterocycles. The first-order valence-corrected chi connectivity index (χ1v) is 7.64. The number of carbonyl (C=O) groups excluding carboxylic acids is 1. The number of rotatable bonds is 4. The van der Waals surface area contributed by atoms with Crippen molar-refractivity contribution in [3.8, 4) is 0 Å². The summed E-state index contributed by atoms with van der Waals surface area (Å²) in [6.45, 7) is 1.73. The second-order valence-electron chi connectivity index (χ2n) is 5.79. The van der Waals surface area contributed by atoms with Crippen molar-refractivity contribution in [1.29, 1.82) is 0 Å². The molecule has 5 heteroatoms. The number of benzene rings is 2. The lowest BCUT2D eigenvalue weighted by Crippen LogP contribution is -2.39. The summed E-state index contributed by atoms with van der Waals surface area (Å²) in [5, 5.41) is 5.77. The van der Waals surface area contributed by atoms with Crippen molar-refractivity contribution >= 4 is 11.6 Å². The molecule has 2 aromatic rings. The molecule has 120 valence electrons. The third-order valence-corrected chi connectivity index (χ3v) is 4.17. The van der Waals surface area contributed by atoms with Crippen LogP contribution in [0.2, 0.25) is 0 Å². The van der Waals surface area contributed by atoms with Crippen LogP contribution in [0.25, 0.3) is 0 Å². The van der Waals surface area contributed by atoms with Gasteiger partial charge in [0.2, 0.25) is 5.91 Å². The lowest BCUT2D eigenvalue weighted by molar-refractivity contribution is -0.118. The molecule has 2 atom stereocenters. The van der Waals surface area contributed by atoms with Crippen LogP contribution in [0.5, 0.6) is 0 Å². The fourth-order valence-electron chi connectivity index (χ4n) is 2.94. The fourth-order valence-corrected chi connectivity index (χ4v) is 2.94. The normalized spacial score (nSPS) is 17.6. The molecule has 2 unspecified atom stereocenters. The minimum atomic E-state index is -0.781. The van der Waals surface area contributed by atoms with Gasteiger partial charge in [-0.05, 0) is 43.0 Å². The molecule has 0 saturated heterocycles. The molecule has 0 bridgehead atoms. The topological polar surface area (TPSA) is 41.1 Å². The van der Waals surface area contributed by atoms with Crippen molar-refractivity contribution in [3.05, 3.63) is 65.2 Å². The quantitative estimate of drug-likeness (QED) is 0.905. The van der Waals surface area contributed by atoms with E-state index in [-0.39, 0.29) is 17.6 Å². The van der Waals surface area contributed by atoms with Crippen LogP contribution in [0.15, 0.2) is 42.5 Å². The minimum Gasteiger partial charge on any atom is -0.322 e. The van der Waals surface area contributed by atoms with E-state index >= 15 is 0 Å². The van der Waals surface area contributed by atoms with Crippen LogP contribution in [0, 0.1) is 11.6 Å². The summed E-state index contributed by atoms with van der Waals surface area (Å²) in [7, 11) is 0. The molecule has 23 heavy (non-hydrogen) atoms. The van der Waals surface area contributed by atoms with Gasteiger partial charge in [-0.3, -0.25) is 10.1 Å². The monoisotopic (exact) mass is 316 g/mol. The Hall–Kier alpha value is -2.27. The Balaban J connectivity index is 1.64. The van der Waals surface area contributed by atoms with Gasteiger partial charge in [-0.2, -0.15) is 0 Å². The summed E-state index contributed by atoms with van der Waals surface area (Å²) in [6.07, 6.45) is 1.91. The number of aryl methyl sites for hydroxylation is 1. The molecule has 2 aromatic carbocycles. The molecule has 3 rings (SSSR count). The highest BCUT2D eigenvalue weighted by atomic mass is 19.1. The van der Waals surface area contributed by atoms with E-state index < -0.39 is 17.7 Å². The maximum Gasteiger partial charge on any atom is 0.241 e. The van der Waals surface area contributed by atoms with E-state index in [0.717, 1.165) is 25.0 Å². The first-order chi connectivity index (χ1) is 11.0. The molecule has 0 heterocycles. The van der Waals surface area contributed by atoms with Gasteiger partial charge in [0.15, 0.2) is 0 Å². The number of fused-ring (bicyclic) bond motifs is 1. The van der Waals surface area contributed by atoms with Crippen molar-refractivity contribution in [2.24, 2.45) is 0 Å². The van der Waals surface area contributed by atoms with Crippen LogP contribution in [-0.2, 0) is 11.2 Å². The molecule has 3 nitrogen and oxygen atoms in total. The second-order valence-corrected chi connectivity index (χ2v) is 5.79. The molecule has 2 N–H and O–H groups in total. The van der Waals surface area contributed by atoms with Gasteiger partial charge >= 0.3 is 0 Å². The summed E-state index contributed by atoms with van der Waals surface area (Å²) in [4.78, 5) is 12.2. The number of carbonyl (C=O) groups is 1. The van der Waals surface area contributed by atoms with Crippen molar-refractivity contribution in [3.63, 3.8) is 0 Å². The first kappa shape index (κ1) is 15.6. The zero-order chi connectivity index (χ0) is 16.4. The summed E-state index contributed by atoms with van der Waals surface area (Å²) in [5.74, 6) is -1.80. The molecular weight excluding hydrogens is 298 g/mol. The fraction of sp³-hybridized carbons (Fsp3) is 0.278. The van der Waals surface area contributed by atoms with Crippen LogP contribution in [-0.4, -0.2) is 11.9 Å². The number of nitrogens with one attached hydrogen (secondary N) is 2. The zero-order valence-corrected chi connectivity index (χ0v) is 12.8. The average Bonchev–Trinajstić information content (AvgIpc) is 2.93. The van der Waals surface area contributed by atoms with Gasteiger partial charge in [-0.1, -0.05) is 24.3 Å². The van der Waals surface area contributed by atoms with Crippen molar-refractivity contribution < 1.29 is 13.6 Å². The Morgan fingerprint density at radius 3 is 2.78 bits per heavy atom. The largest absolute Gasteiger partial charge is 0.322 e. The summed E-state index contributed by atoms with van der Waals surface area (Å²) >= 11 is 0. The minimum absolute atomic E-state index is 0.0168. The Bertz CT molecular complexity index is 733. The van der Waals surface area contributed by atoms with Gasteiger partial charge in [0.05, 0.1) is 11.7 Å². The molecule has 0 radical (unpaired) electrons. The molecule has 0 fully saturated rings. The highest BCUT2D eigenvalue weighted by Crippen LogP contribution is 2.31. The van der Waals surface area contributed by atoms with Gasteiger partial charge < -0.3 is 5.32 Å². The van der Waals surface area contributed by atoms with E-state index in [1.807, 2.05) is 12.1 Å². The van der Waals surface area contributed by atoms with Gasteiger partial charge in [-0.15, -0.1) is 0 Å². The maximum atomic E-state index is 13.6. The van der Waals surface area contributed by atoms with Crippen LogP contribution < -0.4 is 10.6 Å². The highest BCUT2D eigenvalue weighted by molar-refractivity contribution is 5.94. The molecule has 0 saturated carbocycles. The number of halogens is 2. The van der Waals surface area contributed by atoms with Crippen molar-refractivity contribution in [1.82, 2.24) is 5.32 Å². The zero-order valence-electron chi connectivity index (χ0n) is 12.8. The standard InChI is InChI=1S/C18H18F2N2O/c1-11(18(23)22-17-9-7-13(19)10-15(17)20)21-16-8-6-12-4-2-3-5-14(12)16/h2-5,7,9-11,16,21H,6,8H2,1H3,(H,22,23). The average molecular weight is 316 g/mol. The van der Waals surface area contributed by atoms with E-state index in [1.165, 1.54) is 17.2 Å². The second kappa shape index (κ2) is 6.46. The van der Waals surface area contributed by atoms with Crippen LogP contribution in [0.3, 0.4) is 0 Å². The van der Waals surface area contributed by atoms with E-state index in [4.69, 9.17) is 0 Å². The maximum absolute atomic E-state index is 13.6. The number of hydrogen-bond acceptors (Lipinski definition) is 2. The molecule has 0 aliphatic heterocycles. The van der Waals surface area contributed by atoms with Crippen LogP contribution in [0.1, 0.15) is 30.5 Å². The predicted molar refractivity (Wildman–Crippen MR) is 85.1 cm³/mol. The highest BCUT2D eigenvalue weighted by Gasteiger charge is 2.25. The lowest BCUT2D eigenvalue weighted by atomic mass is 10.1. The van der Waals surface area contributed by atoms with Gasteiger partial charge in [0, 0.05) is 12.1 Å². The van der Waals surface area contributed by atoms with E-state index in [9.17, 15) is 13.6 Å². The predicted octanol–water partition coefficient (Wildman–Crippen LogP) is 3.57. The molecule has 1 amide bonds. The van der Waals surface area contributed by atoms with Gasteiger partial charge in [0.1, 0.15) is 11.6 Å². The number of anilines is 1. The molecular formula is C18H18F2N2O. The number of hydrogen-bond donors (Lipinski definition) is 2. The van der Waals surface area contributed by atoms with Crippen molar-refractivity contribution in [2.45, 2.75) is 31.8 Å². The van der Waals surface area contributed by atoms with E-state index in [2.05, 4.69) is 22.8 Å². The number of amides is 1. The van der Waals surface area contributed by atoms with Crippen LogP contribution in [0.4, 0.5) is 14.5 Å². The molecule has 1 aliphatic carbocycles. The van der Waals surface area contributed by atoms with Gasteiger partial charge in [0.25, 0.3) is 0 Å². The third kappa shape index (κ3) is 3.40. The third-order valence-electron chi connectivity index (χ3n) is 4.17. The van der Waals surface area contributed by atoms with Crippen LogP contribution >= 0.6 is 0 Å². The van der Waals surface area contributed by atoms with E-state index in [0.29, 0.717) is 0 Å². The molecule has 1 aliphatic rings. The van der Waals surface area contributed by atoms with Crippen molar-refractivity contribution in [2.75, 3.05) is 5.32 Å². The van der Waals surface area contributed by atoms with Gasteiger partial charge in [-0.25, -0.2) is 8.78 Å². The smallest absolute Gasteiger partial charge is 0.241 e. The Morgan fingerprint density at radius 1 is 1.22 bits per heavy atom. The summed E-state index contributed by atoms with van der Waals surface area (Å²) in [5.41, 5.74) is 2.49. The Labute approximate surface area is 133 Å². The molecule has 0 spiro atoms. The Kier molecular flexibility index (Phi) is 4.39. The van der Waals surface area contributed by atoms with E-state index in [1.54, 1.807) is 6.92 Å². The SMILES string of the molecule is CC(NC1CCc2ccccc21)C(=O)Nc1ccc(F)cc1F. The summed E-state index contributed by atoms with van der Waals surface area (Å²) in [6, 6.07) is 10.9.